The molecule has 2 aromatic carbocycles. The summed E-state index contributed by atoms with van der Waals surface area (Å²) in [4.78, 5) is 26.7. The Morgan fingerprint density at radius 3 is 2.54 bits per heavy atom. The summed E-state index contributed by atoms with van der Waals surface area (Å²) in [6.45, 7) is 3.57. The summed E-state index contributed by atoms with van der Waals surface area (Å²) in [5.41, 5.74) is 0.279. The molecule has 1 amide bonds. The van der Waals surface area contributed by atoms with Crippen molar-refractivity contribution in [3.63, 3.8) is 0 Å². The van der Waals surface area contributed by atoms with Crippen molar-refractivity contribution in [3.8, 4) is 0 Å². The molecule has 136 valence electrons. The highest BCUT2D eigenvalue weighted by atomic mass is 35.5. The Kier molecular flexibility index (Phi) is 5.84. The van der Waals surface area contributed by atoms with Crippen LogP contribution in [0.25, 0.3) is 0 Å². The number of rotatable bonds is 4. The number of hydrogen-bond acceptors (Lipinski definition) is 4. The van der Waals surface area contributed by atoms with Gasteiger partial charge in [0, 0.05) is 29.6 Å². The number of benzene rings is 2. The van der Waals surface area contributed by atoms with E-state index < -0.39 is 4.92 Å². The maximum absolute atomic E-state index is 12.7. The first-order valence-electron chi connectivity index (χ1n) is 8.46. The minimum absolute atomic E-state index is 0.0776. The van der Waals surface area contributed by atoms with Crippen LogP contribution >= 0.6 is 23.4 Å². The molecule has 1 aliphatic rings. The quantitative estimate of drug-likeness (QED) is 0.526. The highest BCUT2D eigenvalue weighted by Gasteiger charge is 2.24. The number of hydrogen-bond donors (Lipinski definition) is 0. The summed E-state index contributed by atoms with van der Waals surface area (Å²) in [7, 11) is 0. The van der Waals surface area contributed by atoms with Crippen molar-refractivity contribution in [2.24, 2.45) is 5.92 Å². The molecule has 0 N–H and O–H groups in total. The Morgan fingerprint density at radius 1 is 1.19 bits per heavy atom. The second-order valence-electron chi connectivity index (χ2n) is 6.45. The fourth-order valence-corrected chi connectivity index (χ4v) is 4.09. The van der Waals surface area contributed by atoms with Crippen LogP contribution in [0.15, 0.2) is 52.3 Å². The first-order chi connectivity index (χ1) is 12.5. The molecule has 2 aromatic rings. The number of nitro groups is 1. The Labute approximate surface area is 161 Å². The van der Waals surface area contributed by atoms with E-state index >= 15 is 0 Å². The van der Waals surface area contributed by atoms with Crippen molar-refractivity contribution < 1.29 is 9.72 Å². The van der Waals surface area contributed by atoms with E-state index in [2.05, 4.69) is 6.92 Å². The Balaban J connectivity index is 1.86. The molecule has 1 aliphatic heterocycles. The number of carbonyl (C=O) groups excluding carboxylic acids is 1. The molecule has 7 heteroatoms. The molecular formula is C19H19ClN2O3S. The van der Waals surface area contributed by atoms with Crippen LogP contribution in [0, 0.1) is 16.0 Å². The summed E-state index contributed by atoms with van der Waals surface area (Å²) in [6, 6.07) is 11.9. The molecule has 0 radical (unpaired) electrons. The van der Waals surface area contributed by atoms with Crippen LogP contribution in [0.2, 0.25) is 5.02 Å². The van der Waals surface area contributed by atoms with Crippen LogP contribution in [0.4, 0.5) is 5.69 Å². The van der Waals surface area contributed by atoms with Gasteiger partial charge in [-0.05, 0) is 43.0 Å². The van der Waals surface area contributed by atoms with Gasteiger partial charge in [0.1, 0.15) is 0 Å². The lowest BCUT2D eigenvalue weighted by atomic mass is 9.98. The first-order valence-corrected chi connectivity index (χ1v) is 9.65. The molecular weight excluding hydrogens is 372 g/mol. The predicted molar refractivity (Wildman–Crippen MR) is 103 cm³/mol. The molecule has 1 saturated heterocycles. The topological polar surface area (TPSA) is 63.5 Å². The van der Waals surface area contributed by atoms with Gasteiger partial charge in [-0.25, -0.2) is 0 Å². The Morgan fingerprint density at radius 2 is 1.88 bits per heavy atom. The lowest BCUT2D eigenvalue weighted by molar-refractivity contribution is -0.387. The van der Waals surface area contributed by atoms with Crippen molar-refractivity contribution in [2.45, 2.75) is 29.6 Å². The third-order valence-corrected chi connectivity index (χ3v) is 6.11. The van der Waals surface area contributed by atoms with Gasteiger partial charge in [-0.15, -0.1) is 0 Å². The predicted octanol–water partition coefficient (Wildman–Crippen LogP) is 5.27. The van der Waals surface area contributed by atoms with Crippen molar-refractivity contribution in [1.82, 2.24) is 4.90 Å². The van der Waals surface area contributed by atoms with Gasteiger partial charge in [0.15, 0.2) is 0 Å². The Hall–Kier alpha value is -2.05. The molecule has 26 heavy (non-hydrogen) atoms. The average Bonchev–Trinajstić information content (AvgIpc) is 2.64. The van der Waals surface area contributed by atoms with E-state index in [1.165, 1.54) is 17.8 Å². The van der Waals surface area contributed by atoms with Gasteiger partial charge in [0.2, 0.25) is 0 Å². The summed E-state index contributed by atoms with van der Waals surface area (Å²) in [6.07, 6.45) is 1.93. The lowest BCUT2D eigenvalue weighted by Gasteiger charge is -2.30. The molecule has 1 heterocycles. The second kappa shape index (κ2) is 8.10. The largest absolute Gasteiger partial charge is 0.339 e. The molecule has 0 bridgehead atoms. The summed E-state index contributed by atoms with van der Waals surface area (Å²) >= 11 is 7.38. The van der Waals surface area contributed by atoms with E-state index in [1.54, 1.807) is 23.1 Å². The minimum atomic E-state index is -0.450. The van der Waals surface area contributed by atoms with Crippen LogP contribution in [-0.2, 0) is 0 Å². The van der Waals surface area contributed by atoms with Crippen LogP contribution in [-0.4, -0.2) is 28.8 Å². The molecule has 0 aliphatic carbocycles. The van der Waals surface area contributed by atoms with E-state index in [0.29, 0.717) is 34.5 Å². The number of amides is 1. The van der Waals surface area contributed by atoms with Crippen LogP contribution in [0.5, 0.6) is 0 Å². The van der Waals surface area contributed by atoms with E-state index in [0.717, 1.165) is 17.7 Å². The molecule has 0 aromatic heterocycles. The highest BCUT2D eigenvalue weighted by molar-refractivity contribution is 7.99. The van der Waals surface area contributed by atoms with Crippen molar-refractivity contribution in [1.29, 1.82) is 0 Å². The van der Waals surface area contributed by atoms with Gasteiger partial charge in [0.05, 0.1) is 14.8 Å². The Bertz CT molecular complexity index is 835. The minimum Gasteiger partial charge on any atom is -0.339 e. The molecule has 1 fully saturated rings. The van der Waals surface area contributed by atoms with E-state index in [1.807, 2.05) is 18.2 Å². The third-order valence-electron chi connectivity index (χ3n) is 4.53. The molecule has 0 saturated carbocycles. The van der Waals surface area contributed by atoms with Gasteiger partial charge < -0.3 is 4.90 Å². The number of halogens is 1. The standard InChI is InChI=1S/C19H19ClN2O3S/c1-13-8-10-21(11-9-13)19(23)14-6-7-18(16(12-14)22(24)25)26-17-5-3-2-4-15(17)20/h2-7,12-13H,8-11H2,1H3. The summed E-state index contributed by atoms with van der Waals surface area (Å²) in [5, 5.41) is 12.1. The number of nitrogens with zero attached hydrogens (tertiary/aromatic N) is 2. The van der Waals surface area contributed by atoms with Gasteiger partial charge in [-0.3, -0.25) is 14.9 Å². The number of piperidine rings is 1. The van der Waals surface area contributed by atoms with Gasteiger partial charge >= 0.3 is 0 Å². The van der Waals surface area contributed by atoms with E-state index in [4.69, 9.17) is 11.6 Å². The second-order valence-corrected chi connectivity index (χ2v) is 7.94. The van der Waals surface area contributed by atoms with Crippen molar-refractivity contribution >= 4 is 35.0 Å². The normalized spacial score (nSPS) is 15.1. The lowest BCUT2D eigenvalue weighted by Crippen LogP contribution is -2.37. The van der Waals surface area contributed by atoms with E-state index in [-0.39, 0.29) is 11.6 Å². The molecule has 0 unspecified atom stereocenters. The monoisotopic (exact) mass is 390 g/mol. The maximum atomic E-state index is 12.7. The van der Waals surface area contributed by atoms with Crippen LogP contribution in [0.1, 0.15) is 30.1 Å². The number of likely N-dealkylation sites (tertiary alicyclic amines) is 1. The molecule has 5 nitrogen and oxygen atoms in total. The zero-order valence-electron chi connectivity index (χ0n) is 14.4. The third kappa shape index (κ3) is 4.19. The fraction of sp³-hybridized carbons (Fsp3) is 0.316. The van der Waals surface area contributed by atoms with Crippen LogP contribution < -0.4 is 0 Å². The van der Waals surface area contributed by atoms with Crippen LogP contribution in [0.3, 0.4) is 0 Å². The molecule has 3 rings (SSSR count). The first kappa shape index (κ1) is 18.7. The number of carbonyl (C=O) groups is 1. The zero-order chi connectivity index (χ0) is 18.7. The number of nitro benzene ring substituents is 1. The molecule has 0 spiro atoms. The van der Waals surface area contributed by atoms with Crippen molar-refractivity contribution in [3.05, 3.63) is 63.2 Å². The fourth-order valence-electron chi connectivity index (χ4n) is 2.92. The SMILES string of the molecule is CC1CCN(C(=O)c2ccc(Sc3ccccc3Cl)c([N+](=O)[O-])c2)CC1. The van der Waals surface area contributed by atoms with E-state index in [9.17, 15) is 14.9 Å². The average molecular weight is 391 g/mol. The van der Waals surface area contributed by atoms with Crippen molar-refractivity contribution in [2.75, 3.05) is 13.1 Å². The highest BCUT2D eigenvalue weighted by Crippen LogP contribution is 2.38. The van der Waals surface area contributed by atoms with Gasteiger partial charge in [-0.2, -0.15) is 0 Å². The maximum Gasteiger partial charge on any atom is 0.284 e. The molecule has 0 atom stereocenters. The summed E-state index contributed by atoms with van der Waals surface area (Å²) in [5.74, 6) is 0.470. The van der Waals surface area contributed by atoms with Gasteiger partial charge in [-0.1, -0.05) is 42.4 Å². The zero-order valence-corrected chi connectivity index (χ0v) is 15.9. The smallest absolute Gasteiger partial charge is 0.284 e. The van der Waals surface area contributed by atoms with Gasteiger partial charge in [0.25, 0.3) is 11.6 Å². The summed E-state index contributed by atoms with van der Waals surface area (Å²) < 4.78 is 0.